The number of hydrogen-bond acceptors (Lipinski definition) is 6. The van der Waals surface area contributed by atoms with E-state index in [0.29, 0.717) is 15.1 Å². The second-order valence-corrected chi connectivity index (χ2v) is 5.79. The molecule has 0 fully saturated rings. The maximum atomic E-state index is 11.8. The Labute approximate surface area is 129 Å². The van der Waals surface area contributed by atoms with Gasteiger partial charge in [0.15, 0.2) is 5.70 Å². The van der Waals surface area contributed by atoms with E-state index in [1.807, 2.05) is 0 Å². The van der Waals surface area contributed by atoms with E-state index in [9.17, 15) is 4.79 Å². The number of aromatic nitrogens is 1. The van der Waals surface area contributed by atoms with Gasteiger partial charge in [-0.2, -0.15) is 0 Å². The highest BCUT2D eigenvalue weighted by atomic mass is 35.5. The maximum Gasteiger partial charge on any atom is 0.363 e. The monoisotopic (exact) mass is 320 g/mol. The van der Waals surface area contributed by atoms with Gasteiger partial charge in [-0.25, -0.2) is 14.8 Å². The van der Waals surface area contributed by atoms with E-state index in [2.05, 4.69) is 9.98 Å². The molecule has 0 saturated carbocycles. The summed E-state index contributed by atoms with van der Waals surface area (Å²) in [5.74, 6) is 0.276. The van der Waals surface area contributed by atoms with E-state index < -0.39 is 5.97 Å². The molecule has 0 bridgehead atoms. The average molecular weight is 321 g/mol. The average Bonchev–Trinajstić information content (AvgIpc) is 3.07. The first-order valence-electron chi connectivity index (χ1n) is 5.94. The van der Waals surface area contributed by atoms with Gasteiger partial charge in [-0.15, -0.1) is 11.3 Å². The number of cyclic esters (lactones) is 1. The van der Waals surface area contributed by atoms with Crippen molar-refractivity contribution in [3.8, 4) is 5.88 Å². The van der Waals surface area contributed by atoms with Crippen molar-refractivity contribution in [2.45, 2.75) is 0 Å². The van der Waals surface area contributed by atoms with Gasteiger partial charge in [-0.3, -0.25) is 0 Å². The molecule has 106 valence electrons. The molecule has 0 saturated heterocycles. The molecule has 0 radical (unpaired) electrons. The standard InChI is InChI=1S/C14H9ClN2O3S/c1-19-12-5-2-8(7-16-12)6-9-14(18)20-13(17-9)10-3-4-11(15)21-10/h2-7H,1H3/b9-6-. The highest BCUT2D eigenvalue weighted by Crippen LogP contribution is 2.26. The first-order chi connectivity index (χ1) is 10.2. The van der Waals surface area contributed by atoms with Gasteiger partial charge in [0.25, 0.3) is 0 Å². The number of halogens is 1. The topological polar surface area (TPSA) is 60.8 Å². The molecule has 0 N–H and O–H groups in total. The van der Waals surface area contributed by atoms with Crippen LogP contribution >= 0.6 is 22.9 Å². The summed E-state index contributed by atoms with van der Waals surface area (Å²) in [6, 6.07) is 6.97. The minimum atomic E-state index is -0.495. The van der Waals surface area contributed by atoms with Gasteiger partial charge in [0.1, 0.15) is 0 Å². The number of rotatable bonds is 3. The van der Waals surface area contributed by atoms with Gasteiger partial charge in [-0.1, -0.05) is 11.6 Å². The van der Waals surface area contributed by atoms with Gasteiger partial charge < -0.3 is 9.47 Å². The fourth-order valence-electron chi connectivity index (χ4n) is 1.70. The minimum Gasteiger partial charge on any atom is -0.481 e. The van der Waals surface area contributed by atoms with Crippen LogP contribution in [-0.2, 0) is 9.53 Å². The molecule has 2 aromatic heterocycles. The lowest BCUT2D eigenvalue weighted by atomic mass is 10.2. The van der Waals surface area contributed by atoms with Gasteiger partial charge >= 0.3 is 5.97 Å². The largest absolute Gasteiger partial charge is 0.481 e. The molecule has 1 aliphatic rings. The molecule has 3 rings (SSSR count). The van der Waals surface area contributed by atoms with E-state index in [1.165, 1.54) is 18.4 Å². The van der Waals surface area contributed by atoms with Crippen molar-refractivity contribution in [2.24, 2.45) is 4.99 Å². The lowest BCUT2D eigenvalue weighted by Gasteiger charge is -1.97. The van der Waals surface area contributed by atoms with Crippen LogP contribution in [-0.4, -0.2) is 24.0 Å². The zero-order valence-corrected chi connectivity index (χ0v) is 12.4. The summed E-state index contributed by atoms with van der Waals surface area (Å²) < 4.78 is 10.7. The fraction of sp³-hybridized carbons (Fsp3) is 0.0714. The highest BCUT2D eigenvalue weighted by Gasteiger charge is 2.25. The van der Waals surface area contributed by atoms with Crippen LogP contribution in [0, 0.1) is 0 Å². The Hall–Kier alpha value is -2.18. The van der Waals surface area contributed by atoms with Gasteiger partial charge in [-0.05, 0) is 29.8 Å². The van der Waals surface area contributed by atoms with Crippen LogP contribution in [0.2, 0.25) is 4.34 Å². The Morgan fingerprint density at radius 3 is 2.81 bits per heavy atom. The summed E-state index contributed by atoms with van der Waals surface area (Å²) in [4.78, 5) is 20.8. The number of nitrogens with zero attached hydrogens (tertiary/aromatic N) is 2. The van der Waals surface area contributed by atoms with Crippen molar-refractivity contribution in [2.75, 3.05) is 7.11 Å². The molecular formula is C14H9ClN2O3S. The zero-order chi connectivity index (χ0) is 14.8. The van der Waals surface area contributed by atoms with Crippen LogP contribution in [0.15, 0.2) is 41.2 Å². The molecule has 3 heterocycles. The van der Waals surface area contributed by atoms with Crippen LogP contribution in [0.1, 0.15) is 10.4 Å². The quantitative estimate of drug-likeness (QED) is 0.644. The summed E-state index contributed by atoms with van der Waals surface area (Å²) in [7, 11) is 1.54. The van der Waals surface area contributed by atoms with Crippen molar-refractivity contribution in [3.05, 3.63) is 50.9 Å². The third-order valence-electron chi connectivity index (χ3n) is 2.68. The van der Waals surface area contributed by atoms with Crippen LogP contribution in [0.25, 0.3) is 6.08 Å². The van der Waals surface area contributed by atoms with E-state index in [1.54, 1.807) is 36.5 Å². The number of carbonyl (C=O) groups is 1. The molecule has 0 amide bonds. The van der Waals surface area contributed by atoms with E-state index in [0.717, 1.165) is 5.56 Å². The molecule has 2 aromatic rings. The molecule has 1 aliphatic heterocycles. The molecule has 0 aromatic carbocycles. The zero-order valence-electron chi connectivity index (χ0n) is 10.9. The van der Waals surface area contributed by atoms with E-state index in [-0.39, 0.29) is 11.6 Å². The van der Waals surface area contributed by atoms with Gasteiger partial charge in [0.2, 0.25) is 11.8 Å². The summed E-state index contributed by atoms with van der Waals surface area (Å²) in [6.45, 7) is 0. The highest BCUT2D eigenvalue weighted by molar-refractivity contribution is 7.18. The Kier molecular flexibility index (Phi) is 3.72. The Bertz CT molecular complexity index is 750. The van der Waals surface area contributed by atoms with Crippen molar-refractivity contribution in [3.63, 3.8) is 0 Å². The predicted octanol–water partition coefficient (Wildman–Crippen LogP) is 3.15. The third-order valence-corrected chi connectivity index (χ3v) is 3.90. The lowest BCUT2D eigenvalue weighted by molar-refractivity contribution is -0.129. The third kappa shape index (κ3) is 2.96. The Morgan fingerprint density at radius 2 is 2.19 bits per heavy atom. The lowest BCUT2D eigenvalue weighted by Crippen LogP contribution is -2.03. The van der Waals surface area contributed by atoms with E-state index >= 15 is 0 Å². The molecule has 0 unspecified atom stereocenters. The van der Waals surface area contributed by atoms with Crippen LogP contribution in [0.5, 0.6) is 5.88 Å². The normalized spacial score (nSPS) is 16.0. The second kappa shape index (κ2) is 5.67. The summed E-state index contributed by atoms with van der Waals surface area (Å²) in [5.41, 5.74) is 0.957. The molecule has 7 heteroatoms. The van der Waals surface area contributed by atoms with Crippen molar-refractivity contribution >= 4 is 40.9 Å². The van der Waals surface area contributed by atoms with Gasteiger partial charge in [0.05, 0.1) is 16.3 Å². The number of hydrogen-bond donors (Lipinski definition) is 0. The number of methoxy groups -OCH3 is 1. The fourth-order valence-corrected chi connectivity index (χ4v) is 2.67. The minimum absolute atomic E-state index is 0.224. The summed E-state index contributed by atoms with van der Waals surface area (Å²) in [6.07, 6.45) is 3.20. The number of aliphatic imine (C=N–C) groups is 1. The van der Waals surface area contributed by atoms with Gasteiger partial charge in [0, 0.05) is 12.3 Å². The van der Waals surface area contributed by atoms with Crippen LogP contribution in [0.3, 0.4) is 0 Å². The van der Waals surface area contributed by atoms with Crippen molar-refractivity contribution < 1.29 is 14.3 Å². The first-order valence-corrected chi connectivity index (χ1v) is 7.13. The number of thiophene rings is 1. The van der Waals surface area contributed by atoms with E-state index in [4.69, 9.17) is 21.1 Å². The molecule has 0 spiro atoms. The molecule has 0 atom stereocenters. The second-order valence-electron chi connectivity index (χ2n) is 4.07. The molecular weight excluding hydrogens is 312 g/mol. The smallest absolute Gasteiger partial charge is 0.363 e. The first kappa shape index (κ1) is 13.8. The number of esters is 1. The SMILES string of the molecule is COc1ccc(/C=C2\N=C(c3ccc(Cl)s3)OC2=O)cn1. The number of ether oxygens (including phenoxy) is 2. The summed E-state index contributed by atoms with van der Waals surface area (Å²) >= 11 is 7.16. The van der Waals surface area contributed by atoms with Crippen LogP contribution < -0.4 is 4.74 Å². The number of carbonyl (C=O) groups excluding carboxylic acids is 1. The maximum absolute atomic E-state index is 11.8. The van der Waals surface area contributed by atoms with Crippen molar-refractivity contribution in [1.29, 1.82) is 0 Å². The Morgan fingerprint density at radius 1 is 1.33 bits per heavy atom. The molecule has 5 nitrogen and oxygen atoms in total. The summed E-state index contributed by atoms with van der Waals surface area (Å²) in [5, 5.41) is 0. The number of pyridine rings is 1. The predicted molar refractivity (Wildman–Crippen MR) is 80.7 cm³/mol. The Balaban J connectivity index is 1.88. The van der Waals surface area contributed by atoms with Crippen LogP contribution in [0.4, 0.5) is 0 Å². The molecule has 0 aliphatic carbocycles. The molecule has 21 heavy (non-hydrogen) atoms. The van der Waals surface area contributed by atoms with Crippen molar-refractivity contribution in [1.82, 2.24) is 4.98 Å².